The molecule has 0 saturated carbocycles. The molecule has 1 unspecified atom stereocenters. The molecule has 3 rings (SSSR count). The average Bonchev–Trinajstić information content (AvgIpc) is 3.24. The molecule has 1 aliphatic rings. The van der Waals surface area contributed by atoms with Crippen LogP contribution in [0, 0.1) is 11.3 Å². The van der Waals surface area contributed by atoms with E-state index in [1.54, 1.807) is 36.5 Å². The first kappa shape index (κ1) is 15.3. The summed E-state index contributed by atoms with van der Waals surface area (Å²) in [6, 6.07) is 9.18. The summed E-state index contributed by atoms with van der Waals surface area (Å²) in [6.07, 6.45) is 4.53. The van der Waals surface area contributed by atoms with Gasteiger partial charge in [-0.25, -0.2) is 4.98 Å². The van der Waals surface area contributed by atoms with Crippen molar-refractivity contribution in [3.05, 3.63) is 53.6 Å². The summed E-state index contributed by atoms with van der Waals surface area (Å²) >= 11 is 0. The number of imidazole rings is 1. The number of ether oxygens (including phenoxy) is 1. The minimum absolute atomic E-state index is 0.00640. The first-order valence-corrected chi connectivity index (χ1v) is 7.52. The Balaban J connectivity index is 1.83. The Morgan fingerprint density at radius 2 is 2.26 bits per heavy atom. The van der Waals surface area contributed by atoms with Crippen LogP contribution in [-0.4, -0.2) is 40.5 Å². The summed E-state index contributed by atoms with van der Waals surface area (Å²) in [5.74, 6) is 0.730. The molecule has 1 aromatic carbocycles. The van der Waals surface area contributed by atoms with Gasteiger partial charge in [-0.1, -0.05) is 12.1 Å². The lowest BCUT2D eigenvalue weighted by Gasteiger charge is -2.23. The van der Waals surface area contributed by atoms with Crippen LogP contribution in [0.2, 0.25) is 0 Å². The van der Waals surface area contributed by atoms with Crippen LogP contribution in [-0.2, 0) is 11.2 Å². The summed E-state index contributed by atoms with van der Waals surface area (Å²) in [4.78, 5) is 22.0. The van der Waals surface area contributed by atoms with Gasteiger partial charge in [0.25, 0.3) is 5.91 Å². The SMILES string of the molecule is CO[C@@H]1CC(c2ncc[nH]2)N(C(=O)c2ccc(CC#N)cc2)C1. The van der Waals surface area contributed by atoms with E-state index >= 15 is 0 Å². The molecule has 118 valence electrons. The molecule has 1 amide bonds. The Hall–Kier alpha value is -2.65. The summed E-state index contributed by atoms with van der Waals surface area (Å²) in [5.41, 5.74) is 1.52. The number of aromatic amines is 1. The predicted molar refractivity (Wildman–Crippen MR) is 83.5 cm³/mol. The van der Waals surface area contributed by atoms with Crippen molar-refractivity contribution in [1.82, 2.24) is 14.9 Å². The van der Waals surface area contributed by atoms with Crippen molar-refractivity contribution in [1.29, 1.82) is 5.26 Å². The van der Waals surface area contributed by atoms with Gasteiger partial charge in [0, 0.05) is 38.0 Å². The highest BCUT2D eigenvalue weighted by atomic mass is 16.5. The fraction of sp³-hybridized carbons (Fsp3) is 0.353. The normalized spacial score (nSPS) is 20.4. The van der Waals surface area contributed by atoms with Gasteiger partial charge in [0.2, 0.25) is 0 Å². The predicted octanol–water partition coefficient (Wildman–Crippen LogP) is 2.08. The van der Waals surface area contributed by atoms with E-state index in [4.69, 9.17) is 10.00 Å². The minimum atomic E-state index is -0.110. The molecule has 23 heavy (non-hydrogen) atoms. The topological polar surface area (TPSA) is 82.0 Å². The highest BCUT2D eigenvalue weighted by Crippen LogP contribution is 2.32. The second-order valence-corrected chi connectivity index (χ2v) is 5.57. The van der Waals surface area contributed by atoms with Gasteiger partial charge in [-0.2, -0.15) is 5.26 Å². The molecule has 0 aliphatic carbocycles. The summed E-state index contributed by atoms with van der Waals surface area (Å²) in [6.45, 7) is 0.542. The van der Waals surface area contributed by atoms with Crippen molar-refractivity contribution >= 4 is 5.91 Å². The minimum Gasteiger partial charge on any atom is -0.380 e. The van der Waals surface area contributed by atoms with Crippen molar-refractivity contribution in [2.45, 2.75) is 25.0 Å². The molecular weight excluding hydrogens is 292 g/mol. The lowest BCUT2D eigenvalue weighted by molar-refractivity contribution is 0.0684. The molecule has 0 radical (unpaired) electrons. The van der Waals surface area contributed by atoms with Crippen LogP contribution >= 0.6 is 0 Å². The standard InChI is InChI=1S/C17H18N4O2/c1-23-14-10-15(16-19-8-9-20-16)21(11-14)17(22)13-4-2-12(3-5-13)6-7-18/h2-5,8-9,14-15H,6,10-11H2,1H3,(H,19,20)/t14-,15?/m1/s1. The molecule has 1 N–H and O–H groups in total. The van der Waals surface area contributed by atoms with Gasteiger partial charge in [0.15, 0.2) is 0 Å². The van der Waals surface area contributed by atoms with Gasteiger partial charge in [-0.3, -0.25) is 4.79 Å². The third-order valence-corrected chi connectivity index (χ3v) is 4.18. The summed E-state index contributed by atoms with van der Waals surface area (Å²) in [7, 11) is 1.66. The molecule has 1 aromatic heterocycles. The van der Waals surface area contributed by atoms with Crippen LogP contribution < -0.4 is 0 Å². The lowest BCUT2D eigenvalue weighted by atomic mass is 10.1. The second-order valence-electron chi connectivity index (χ2n) is 5.57. The lowest BCUT2D eigenvalue weighted by Crippen LogP contribution is -2.32. The van der Waals surface area contributed by atoms with Crippen molar-refractivity contribution in [3.8, 4) is 6.07 Å². The van der Waals surface area contributed by atoms with E-state index < -0.39 is 0 Å². The van der Waals surface area contributed by atoms with Crippen LogP contribution in [0.15, 0.2) is 36.7 Å². The molecule has 1 saturated heterocycles. The smallest absolute Gasteiger partial charge is 0.254 e. The number of nitrogens with zero attached hydrogens (tertiary/aromatic N) is 3. The molecule has 6 heteroatoms. The van der Waals surface area contributed by atoms with Crippen molar-refractivity contribution in [3.63, 3.8) is 0 Å². The Kier molecular flexibility index (Phi) is 4.40. The Bertz CT molecular complexity index is 703. The van der Waals surface area contributed by atoms with Gasteiger partial charge < -0.3 is 14.6 Å². The first-order valence-electron chi connectivity index (χ1n) is 7.52. The van der Waals surface area contributed by atoms with E-state index in [1.165, 1.54) is 0 Å². The van der Waals surface area contributed by atoms with Crippen molar-refractivity contribution < 1.29 is 9.53 Å². The monoisotopic (exact) mass is 310 g/mol. The number of amides is 1. The van der Waals surface area contributed by atoms with Gasteiger partial charge in [0.1, 0.15) is 5.82 Å². The quantitative estimate of drug-likeness (QED) is 0.937. The molecular formula is C17H18N4O2. The molecule has 2 aromatic rings. The maximum atomic E-state index is 12.8. The number of likely N-dealkylation sites (tertiary alicyclic amines) is 1. The van der Waals surface area contributed by atoms with Gasteiger partial charge in [-0.15, -0.1) is 0 Å². The van der Waals surface area contributed by atoms with Crippen molar-refractivity contribution in [2.24, 2.45) is 0 Å². The Morgan fingerprint density at radius 3 is 2.87 bits per heavy atom. The number of hydrogen-bond acceptors (Lipinski definition) is 4. The molecule has 6 nitrogen and oxygen atoms in total. The fourth-order valence-electron chi connectivity index (χ4n) is 2.93. The second kappa shape index (κ2) is 6.63. The van der Waals surface area contributed by atoms with Crippen LogP contribution in [0.25, 0.3) is 0 Å². The molecule has 1 aliphatic heterocycles. The van der Waals surface area contributed by atoms with E-state index in [1.807, 2.05) is 12.1 Å². The number of aromatic nitrogens is 2. The third-order valence-electron chi connectivity index (χ3n) is 4.18. The average molecular weight is 310 g/mol. The molecule has 2 atom stereocenters. The number of rotatable bonds is 4. The van der Waals surface area contributed by atoms with Crippen LogP contribution in [0.4, 0.5) is 0 Å². The van der Waals surface area contributed by atoms with Crippen LogP contribution in [0.3, 0.4) is 0 Å². The maximum absolute atomic E-state index is 12.8. The number of carbonyl (C=O) groups is 1. The summed E-state index contributed by atoms with van der Waals surface area (Å²) in [5, 5.41) is 8.72. The van der Waals surface area contributed by atoms with E-state index in [0.29, 0.717) is 18.5 Å². The van der Waals surface area contributed by atoms with E-state index in [-0.39, 0.29) is 18.1 Å². The zero-order chi connectivity index (χ0) is 16.2. The molecule has 0 spiro atoms. The van der Waals surface area contributed by atoms with Gasteiger partial charge >= 0.3 is 0 Å². The number of methoxy groups -OCH3 is 1. The number of benzene rings is 1. The Morgan fingerprint density at radius 1 is 1.48 bits per heavy atom. The number of carbonyl (C=O) groups excluding carboxylic acids is 1. The van der Waals surface area contributed by atoms with E-state index in [0.717, 1.165) is 17.8 Å². The molecule has 0 bridgehead atoms. The zero-order valence-electron chi connectivity index (χ0n) is 12.9. The highest BCUT2D eigenvalue weighted by Gasteiger charge is 2.38. The number of hydrogen-bond donors (Lipinski definition) is 1. The third kappa shape index (κ3) is 3.10. The van der Waals surface area contributed by atoms with Gasteiger partial charge in [-0.05, 0) is 17.7 Å². The fourth-order valence-corrected chi connectivity index (χ4v) is 2.93. The van der Waals surface area contributed by atoms with Crippen molar-refractivity contribution in [2.75, 3.05) is 13.7 Å². The first-order chi connectivity index (χ1) is 11.2. The van der Waals surface area contributed by atoms with E-state index in [2.05, 4.69) is 16.0 Å². The highest BCUT2D eigenvalue weighted by molar-refractivity contribution is 5.94. The summed E-state index contributed by atoms with van der Waals surface area (Å²) < 4.78 is 5.44. The Labute approximate surface area is 134 Å². The molecule has 1 fully saturated rings. The maximum Gasteiger partial charge on any atom is 0.254 e. The number of H-pyrrole nitrogens is 1. The van der Waals surface area contributed by atoms with Crippen LogP contribution in [0.5, 0.6) is 0 Å². The van der Waals surface area contributed by atoms with Gasteiger partial charge in [0.05, 0.1) is 24.6 Å². The molecule has 2 heterocycles. The van der Waals surface area contributed by atoms with E-state index in [9.17, 15) is 4.79 Å². The number of nitriles is 1. The van der Waals surface area contributed by atoms with Crippen LogP contribution in [0.1, 0.15) is 34.2 Å². The largest absolute Gasteiger partial charge is 0.380 e. The zero-order valence-corrected chi connectivity index (χ0v) is 12.9. The number of nitrogens with one attached hydrogen (secondary N) is 1.